The van der Waals surface area contributed by atoms with Crippen LogP contribution in [0.1, 0.15) is 5.56 Å². The number of thiophene rings is 1. The predicted molar refractivity (Wildman–Crippen MR) is 84.0 cm³/mol. The summed E-state index contributed by atoms with van der Waals surface area (Å²) in [6, 6.07) is 14.5. The van der Waals surface area contributed by atoms with E-state index in [1.165, 1.54) is 10.4 Å². The lowest BCUT2D eigenvalue weighted by atomic mass is 10.1. The van der Waals surface area contributed by atoms with Gasteiger partial charge in [0.1, 0.15) is 0 Å². The smallest absolute Gasteiger partial charge is 0.222 e. The van der Waals surface area contributed by atoms with E-state index >= 15 is 0 Å². The van der Waals surface area contributed by atoms with Gasteiger partial charge < -0.3 is 5.32 Å². The summed E-state index contributed by atoms with van der Waals surface area (Å²) in [5.41, 5.74) is 2.38. The topological polar surface area (TPSA) is 37.8 Å². The lowest BCUT2D eigenvalue weighted by molar-refractivity contribution is 0.984. The molecule has 0 unspecified atom stereocenters. The molecule has 0 fully saturated rings. The van der Waals surface area contributed by atoms with Crippen LogP contribution in [0.2, 0.25) is 0 Å². The Kier molecular flexibility index (Phi) is 4.04. The molecule has 0 saturated carbocycles. The maximum absolute atomic E-state index is 4.35. The fourth-order valence-corrected chi connectivity index (χ4v) is 2.66. The monoisotopic (exact) mass is 281 g/mol. The van der Waals surface area contributed by atoms with Crippen molar-refractivity contribution in [1.29, 1.82) is 0 Å². The summed E-state index contributed by atoms with van der Waals surface area (Å²) < 4.78 is 0. The van der Waals surface area contributed by atoms with Crippen LogP contribution >= 0.6 is 11.3 Å². The Balaban J connectivity index is 1.56. The minimum atomic E-state index is 0.682. The Morgan fingerprint density at radius 2 is 1.75 bits per heavy atom. The van der Waals surface area contributed by atoms with Crippen molar-refractivity contribution >= 4 is 17.3 Å². The largest absolute Gasteiger partial charge is 0.354 e. The third kappa shape index (κ3) is 3.22. The number of aromatic nitrogens is 2. The Morgan fingerprint density at radius 1 is 0.950 bits per heavy atom. The lowest BCUT2D eigenvalue weighted by Gasteiger charge is -2.05. The van der Waals surface area contributed by atoms with Crippen molar-refractivity contribution in [3.8, 4) is 10.4 Å². The van der Waals surface area contributed by atoms with Gasteiger partial charge in [0.15, 0.2) is 0 Å². The highest BCUT2D eigenvalue weighted by Crippen LogP contribution is 2.23. The summed E-state index contributed by atoms with van der Waals surface area (Å²) in [6.45, 7) is 0.836. The number of rotatable bonds is 5. The van der Waals surface area contributed by atoms with Gasteiger partial charge in [0.05, 0.1) is 0 Å². The van der Waals surface area contributed by atoms with E-state index in [1.807, 2.05) is 24.5 Å². The Bertz CT molecular complexity index is 633. The Morgan fingerprint density at radius 3 is 2.45 bits per heavy atom. The molecular weight excluding hydrogens is 266 g/mol. The second-order valence-corrected chi connectivity index (χ2v) is 5.38. The van der Waals surface area contributed by atoms with Crippen LogP contribution in [0.25, 0.3) is 10.4 Å². The molecule has 0 amide bonds. The minimum Gasteiger partial charge on any atom is -0.354 e. The van der Waals surface area contributed by atoms with Crippen LogP contribution in [0.15, 0.2) is 60.2 Å². The van der Waals surface area contributed by atoms with E-state index in [0.29, 0.717) is 5.95 Å². The van der Waals surface area contributed by atoms with Gasteiger partial charge in [-0.2, -0.15) is 0 Å². The third-order valence-corrected chi connectivity index (χ3v) is 3.92. The van der Waals surface area contributed by atoms with E-state index < -0.39 is 0 Å². The molecule has 3 rings (SSSR count). The van der Waals surface area contributed by atoms with Gasteiger partial charge in [-0.15, -0.1) is 11.3 Å². The van der Waals surface area contributed by atoms with Crippen LogP contribution in [0.3, 0.4) is 0 Å². The highest BCUT2D eigenvalue weighted by atomic mass is 32.1. The summed E-state index contributed by atoms with van der Waals surface area (Å²) in [6.07, 6.45) is 4.70. The minimum absolute atomic E-state index is 0.682. The van der Waals surface area contributed by atoms with E-state index in [2.05, 4.69) is 51.0 Å². The van der Waals surface area contributed by atoms with Crippen molar-refractivity contribution in [2.45, 2.75) is 6.42 Å². The molecule has 0 aliphatic heterocycles. The van der Waals surface area contributed by atoms with Gasteiger partial charge in [0.2, 0.25) is 5.95 Å². The van der Waals surface area contributed by atoms with E-state index in [4.69, 9.17) is 0 Å². The summed E-state index contributed by atoms with van der Waals surface area (Å²) >= 11 is 1.70. The molecule has 0 aliphatic carbocycles. The Hall–Kier alpha value is -2.20. The Labute approximate surface area is 122 Å². The molecule has 0 radical (unpaired) electrons. The maximum Gasteiger partial charge on any atom is 0.222 e. The molecule has 0 atom stereocenters. The van der Waals surface area contributed by atoms with Gasteiger partial charge >= 0.3 is 0 Å². The molecule has 20 heavy (non-hydrogen) atoms. The third-order valence-electron chi connectivity index (χ3n) is 3.00. The molecular formula is C16H15N3S. The standard InChI is InChI=1S/C16H15N3S/c1-2-5-13(6-3-1)8-9-17-16-18-11-14(12-19-16)15-7-4-10-20-15/h1-7,10-12H,8-9H2,(H,17,18,19). The molecule has 0 aliphatic rings. The summed E-state index contributed by atoms with van der Waals surface area (Å²) in [4.78, 5) is 9.90. The average molecular weight is 281 g/mol. The molecule has 3 aromatic rings. The molecule has 1 aromatic carbocycles. The number of benzene rings is 1. The average Bonchev–Trinajstić information content (AvgIpc) is 3.03. The van der Waals surface area contributed by atoms with Crippen LogP contribution in [0.5, 0.6) is 0 Å². The van der Waals surface area contributed by atoms with Gasteiger partial charge in [0.25, 0.3) is 0 Å². The second kappa shape index (κ2) is 6.30. The quantitative estimate of drug-likeness (QED) is 0.771. The van der Waals surface area contributed by atoms with Crippen LogP contribution in [-0.2, 0) is 6.42 Å². The van der Waals surface area contributed by atoms with Gasteiger partial charge in [-0.25, -0.2) is 9.97 Å². The number of hydrogen-bond acceptors (Lipinski definition) is 4. The van der Waals surface area contributed by atoms with Crippen LogP contribution in [-0.4, -0.2) is 16.5 Å². The molecule has 3 nitrogen and oxygen atoms in total. The molecule has 0 bridgehead atoms. The highest BCUT2D eigenvalue weighted by Gasteiger charge is 2.01. The molecule has 2 aromatic heterocycles. The SMILES string of the molecule is c1ccc(CCNc2ncc(-c3cccs3)cn2)cc1. The van der Waals surface area contributed by atoms with Gasteiger partial charge in [-0.05, 0) is 23.4 Å². The predicted octanol–water partition coefficient (Wildman–Crippen LogP) is 3.86. The molecule has 0 saturated heterocycles. The normalized spacial score (nSPS) is 10.4. The molecule has 0 spiro atoms. The fourth-order valence-electron chi connectivity index (χ4n) is 1.95. The first-order valence-corrected chi connectivity index (χ1v) is 7.43. The van der Waals surface area contributed by atoms with Crippen LogP contribution in [0.4, 0.5) is 5.95 Å². The van der Waals surface area contributed by atoms with Gasteiger partial charge in [-0.1, -0.05) is 36.4 Å². The van der Waals surface area contributed by atoms with Crippen molar-refractivity contribution in [2.75, 3.05) is 11.9 Å². The molecule has 100 valence electrons. The summed E-state index contributed by atoms with van der Waals surface area (Å²) in [7, 11) is 0. The van der Waals surface area contributed by atoms with E-state index in [1.54, 1.807) is 11.3 Å². The first kappa shape index (κ1) is 12.8. The van der Waals surface area contributed by atoms with Crippen molar-refractivity contribution in [2.24, 2.45) is 0 Å². The zero-order valence-electron chi connectivity index (χ0n) is 11.0. The zero-order chi connectivity index (χ0) is 13.6. The maximum atomic E-state index is 4.35. The molecule has 2 heterocycles. The van der Waals surface area contributed by atoms with Crippen LogP contribution in [0, 0.1) is 0 Å². The van der Waals surface area contributed by atoms with E-state index in [9.17, 15) is 0 Å². The van der Waals surface area contributed by atoms with E-state index in [0.717, 1.165) is 18.5 Å². The van der Waals surface area contributed by atoms with Crippen LogP contribution < -0.4 is 5.32 Å². The molecule has 4 heteroatoms. The lowest BCUT2D eigenvalue weighted by Crippen LogP contribution is -2.07. The number of anilines is 1. The first-order chi connectivity index (χ1) is 9.92. The van der Waals surface area contributed by atoms with Crippen molar-refractivity contribution < 1.29 is 0 Å². The van der Waals surface area contributed by atoms with Crippen molar-refractivity contribution in [3.05, 3.63) is 65.8 Å². The highest BCUT2D eigenvalue weighted by molar-refractivity contribution is 7.13. The number of nitrogens with one attached hydrogen (secondary N) is 1. The van der Waals surface area contributed by atoms with E-state index in [-0.39, 0.29) is 0 Å². The first-order valence-electron chi connectivity index (χ1n) is 6.55. The zero-order valence-corrected chi connectivity index (χ0v) is 11.8. The summed E-state index contributed by atoms with van der Waals surface area (Å²) in [5, 5.41) is 5.30. The summed E-state index contributed by atoms with van der Waals surface area (Å²) in [5.74, 6) is 0.682. The fraction of sp³-hybridized carbons (Fsp3) is 0.125. The molecule has 1 N–H and O–H groups in total. The van der Waals surface area contributed by atoms with Crippen molar-refractivity contribution in [1.82, 2.24) is 9.97 Å². The number of hydrogen-bond donors (Lipinski definition) is 1. The van der Waals surface area contributed by atoms with Gasteiger partial charge in [-0.3, -0.25) is 0 Å². The second-order valence-electron chi connectivity index (χ2n) is 4.44. The van der Waals surface area contributed by atoms with Crippen molar-refractivity contribution in [3.63, 3.8) is 0 Å². The number of nitrogens with zero attached hydrogens (tertiary/aromatic N) is 2. The van der Waals surface area contributed by atoms with Gasteiger partial charge in [0, 0.05) is 29.4 Å².